The van der Waals surface area contributed by atoms with Gasteiger partial charge in [0.2, 0.25) is 0 Å². The molecule has 0 atom stereocenters. The molecule has 1 aromatic carbocycles. The Morgan fingerprint density at radius 2 is 1.91 bits per heavy atom. The molecule has 0 saturated carbocycles. The number of benzene rings is 1. The summed E-state index contributed by atoms with van der Waals surface area (Å²) in [5.74, 6) is -1.46. The van der Waals surface area contributed by atoms with Crippen LogP contribution < -0.4 is 5.32 Å². The monoisotopic (exact) mass is 309 g/mol. The third kappa shape index (κ3) is 5.37. The van der Waals surface area contributed by atoms with Gasteiger partial charge in [-0.15, -0.1) is 0 Å². The summed E-state index contributed by atoms with van der Waals surface area (Å²) < 4.78 is 10.5. The van der Waals surface area contributed by atoms with E-state index < -0.39 is 17.5 Å². The lowest BCUT2D eigenvalue weighted by molar-refractivity contribution is -0.160. The molecule has 0 aliphatic rings. The van der Waals surface area contributed by atoms with E-state index in [0.717, 1.165) is 11.3 Å². The first-order valence-electron chi connectivity index (χ1n) is 6.98. The number of carboxylic acid groups (broad SMARTS) is 1. The zero-order chi connectivity index (χ0) is 16.9. The molecular formula is C16H23NO5. The molecule has 6 heteroatoms. The van der Waals surface area contributed by atoms with Gasteiger partial charge in [0.1, 0.15) is 12.2 Å². The van der Waals surface area contributed by atoms with Gasteiger partial charge < -0.3 is 19.9 Å². The summed E-state index contributed by atoms with van der Waals surface area (Å²) in [6, 6.07) is 3.11. The third-order valence-electron chi connectivity index (χ3n) is 2.93. The Balaban J connectivity index is 2.75. The van der Waals surface area contributed by atoms with E-state index in [-0.39, 0.29) is 18.8 Å². The smallest absolute Gasteiger partial charge is 0.335 e. The molecule has 6 nitrogen and oxygen atoms in total. The number of carbonyl (C=O) groups excluding carboxylic acids is 1. The van der Waals surface area contributed by atoms with E-state index in [2.05, 4.69) is 5.32 Å². The van der Waals surface area contributed by atoms with Crippen LogP contribution in [0.25, 0.3) is 0 Å². The molecule has 0 aromatic heterocycles. The predicted octanol–water partition coefficient (Wildman–Crippen LogP) is 2.59. The summed E-state index contributed by atoms with van der Waals surface area (Å²) in [5, 5.41) is 12.1. The number of carboxylic acids is 1. The van der Waals surface area contributed by atoms with Crippen molar-refractivity contribution in [3.05, 3.63) is 28.8 Å². The van der Waals surface area contributed by atoms with E-state index in [1.807, 2.05) is 6.92 Å². The van der Waals surface area contributed by atoms with Crippen LogP contribution >= 0.6 is 0 Å². The highest BCUT2D eigenvalue weighted by Gasteiger charge is 2.17. The lowest BCUT2D eigenvalue weighted by atomic mass is 10.0. The van der Waals surface area contributed by atoms with E-state index >= 15 is 0 Å². The van der Waals surface area contributed by atoms with Crippen molar-refractivity contribution in [2.75, 3.05) is 19.0 Å². The van der Waals surface area contributed by atoms with E-state index in [9.17, 15) is 9.59 Å². The fraction of sp³-hybridized carbons (Fsp3) is 0.500. The molecule has 0 aliphatic carbocycles. The van der Waals surface area contributed by atoms with Crippen molar-refractivity contribution in [2.45, 2.75) is 39.9 Å². The van der Waals surface area contributed by atoms with Crippen LogP contribution in [0.2, 0.25) is 0 Å². The van der Waals surface area contributed by atoms with E-state index in [0.29, 0.717) is 5.56 Å². The number of carbonyl (C=O) groups is 2. The second-order valence-electron chi connectivity index (χ2n) is 5.94. The van der Waals surface area contributed by atoms with Crippen LogP contribution in [0.1, 0.15) is 42.3 Å². The Hall–Kier alpha value is -2.08. The number of ether oxygens (including phenoxy) is 2. The number of rotatable bonds is 6. The van der Waals surface area contributed by atoms with Gasteiger partial charge in [0, 0.05) is 12.7 Å². The highest BCUT2D eigenvalue weighted by Crippen LogP contribution is 2.22. The molecule has 0 amide bonds. The first-order chi connectivity index (χ1) is 10.1. The fourth-order valence-electron chi connectivity index (χ4n) is 1.92. The van der Waals surface area contributed by atoms with Crippen molar-refractivity contribution >= 4 is 17.6 Å². The standard InChI is InChI=1S/C16H23NO5/c1-10-12(6-11(15(19)20)7-13(10)17-5)8-21-9-14(18)22-16(2,3)4/h6-7,17H,8-9H2,1-5H3,(H,19,20). The molecule has 0 heterocycles. The average molecular weight is 309 g/mol. The normalized spacial score (nSPS) is 11.1. The molecule has 0 aliphatic heterocycles. The van der Waals surface area contributed by atoms with Gasteiger partial charge in [0.25, 0.3) is 0 Å². The van der Waals surface area contributed by atoms with Crippen LogP contribution in [0, 0.1) is 6.92 Å². The van der Waals surface area contributed by atoms with Crippen LogP contribution in [-0.2, 0) is 20.9 Å². The van der Waals surface area contributed by atoms with Crippen molar-refractivity contribution in [1.82, 2.24) is 0 Å². The average Bonchev–Trinajstić information content (AvgIpc) is 2.38. The van der Waals surface area contributed by atoms with Gasteiger partial charge in [-0.3, -0.25) is 0 Å². The molecule has 0 spiro atoms. The number of anilines is 1. The van der Waals surface area contributed by atoms with Crippen molar-refractivity contribution in [2.24, 2.45) is 0 Å². The molecule has 22 heavy (non-hydrogen) atoms. The van der Waals surface area contributed by atoms with Gasteiger partial charge in [-0.05, 0) is 51.0 Å². The Morgan fingerprint density at radius 3 is 2.41 bits per heavy atom. The maximum absolute atomic E-state index is 11.6. The maximum atomic E-state index is 11.6. The van der Waals surface area contributed by atoms with E-state index in [1.54, 1.807) is 40.0 Å². The molecule has 0 radical (unpaired) electrons. The number of hydrogen-bond acceptors (Lipinski definition) is 5. The summed E-state index contributed by atoms with van der Waals surface area (Å²) in [6.45, 7) is 7.17. The molecular weight excluding hydrogens is 286 g/mol. The summed E-state index contributed by atoms with van der Waals surface area (Å²) in [6.07, 6.45) is 0. The second kappa shape index (κ2) is 7.26. The van der Waals surface area contributed by atoms with Crippen LogP contribution in [0.3, 0.4) is 0 Å². The Labute approximate surface area is 130 Å². The van der Waals surface area contributed by atoms with Gasteiger partial charge in [0.15, 0.2) is 0 Å². The maximum Gasteiger partial charge on any atom is 0.335 e. The SMILES string of the molecule is CNc1cc(C(=O)O)cc(COCC(=O)OC(C)(C)C)c1C. The van der Waals surface area contributed by atoms with Crippen molar-refractivity contribution < 1.29 is 24.2 Å². The molecule has 1 aromatic rings. The summed E-state index contributed by atoms with van der Waals surface area (Å²) >= 11 is 0. The summed E-state index contributed by atoms with van der Waals surface area (Å²) in [5.41, 5.74) is 1.94. The highest BCUT2D eigenvalue weighted by molar-refractivity contribution is 5.89. The molecule has 0 saturated heterocycles. The minimum atomic E-state index is -1.01. The van der Waals surface area contributed by atoms with E-state index in [1.165, 1.54) is 0 Å². The second-order valence-corrected chi connectivity index (χ2v) is 5.94. The fourth-order valence-corrected chi connectivity index (χ4v) is 1.92. The number of esters is 1. The third-order valence-corrected chi connectivity index (χ3v) is 2.93. The van der Waals surface area contributed by atoms with E-state index in [4.69, 9.17) is 14.6 Å². The quantitative estimate of drug-likeness (QED) is 0.786. The van der Waals surface area contributed by atoms with Gasteiger partial charge in [-0.25, -0.2) is 9.59 Å². The highest BCUT2D eigenvalue weighted by atomic mass is 16.6. The zero-order valence-corrected chi connectivity index (χ0v) is 13.6. The summed E-state index contributed by atoms with van der Waals surface area (Å²) in [7, 11) is 1.72. The molecule has 1 rings (SSSR count). The van der Waals surface area contributed by atoms with Crippen molar-refractivity contribution in [3.8, 4) is 0 Å². The summed E-state index contributed by atoms with van der Waals surface area (Å²) in [4.78, 5) is 22.7. The number of hydrogen-bond donors (Lipinski definition) is 2. The minimum absolute atomic E-state index is 0.140. The minimum Gasteiger partial charge on any atom is -0.478 e. The Morgan fingerprint density at radius 1 is 1.27 bits per heavy atom. The van der Waals surface area contributed by atoms with Crippen LogP contribution in [0.4, 0.5) is 5.69 Å². The largest absolute Gasteiger partial charge is 0.478 e. The number of nitrogens with one attached hydrogen (secondary N) is 1. The first kappa shape index (κ1) is 18.0. The molecule has 0 unspecified atom stereocenters. The Bertz CT molecular complexity index is 560. The van der Waals surface area contributed by atoms with Crippen molar-refractivity contribution in [3.63, 3.8) is 0 Å². The van der Waals surface area contributed by atoms with Crippen LogP contribution in [0.15, 0.2) is 12.1 Å². The molecule has 122 valence electrons. The van der Waals surface area contributed by atoms with Gasteiger partial charge in [-0.2, -0.15) is 0 Å². The van der Waals surface area contributed by atoms with Crippen LogP contribution in [0.5, 0.6) is 0 Å². The lowest BCUT2D eigenvalue weighted by Gasteiger charge is -2.19. The topological polar surface area (TPSA) is 84.9 Å². The molecule has 0 bridgehead atoms. The predicted molar refractivity (Wildman–Crippen MR) is 83.2 cm³/mol. The van der Waals surface area contributed by atoms with Crippen molar-refractivity contribution in [1.29, 1.82) is 0 Å². The molecule has 0 fully saturated rings. The first-order valence-corrected chi connectivity index (χ1v) is 6.98. The number of aromatic carboxylic acids is 1. The van der Waals surface area contributed by atoms with Gasteiger partial charge >= 0.3 is 11.9 Å². The van der Waals surface area contributed by atoms with Gasteiger partial charge in [0.05, 0.1) is 12.2 Å². The van der Waals surface area contributed by atoms with Crippen LogP contribution in [-0.4, -0.2) is 36.3 Å². The zero-order valence-electron chi connectivity index (χ0n) is 13.6. The lowest BCUT2D eigenvalue weighted by Crippen LogP contribution is -2.26. The van der Waals surface area contributed by atoms with Gasteiger partial charge in [-0.1, -0.05) is 0 Å². The molecule has 2 N–H and O–H groups in total. The Kier molecular flexibility index (Phi) is 5.93.